The van der Waals surface area contributed by atoms with Crippen LogP contribution in [0, 0.1) is 6.92 Å². The fourth-order valence-corrected chi connectivity index (χ4v) is 1.16. The molecule has 1 atom stereocenters. The van der Waals surface area contributed by atoms with Gasteiger partial charge < -0.3 is 16.2 Å². The van der Waals surface area contributed by atoms with Crippen molar-refractivity contribution in [2.24, 2.45) is 0 Å². The lowest BCUT2D eigenvalue weighted by molar-refractivity contribution is -0.236. The predicted molar refractivity (Wildman–Crippen MR) is 51.6 cm³/mol. The summed E-state index contributed by atoms with van der Waals surface area (Å²) in [5.41, 5.74) is 11.1. The van der Waals surface area contributed by atoms with E-state index < -0.39 is 12.5 Å². The normalized spacial score (nSPS) is 13.6. The average Bonchev–Trinajstić information content (AvgIpc) is 2.08. The number of hydrogen-bond acceptors (Lipinski definition) is 3. The molecule has 0 saturated heterocycles. The molecule has 0 radical (unpaired) electrons. The molecule has 0 fully saturated rings. The molecule has 0 heterocycles. The minimum Gasteiger partial charge on any atom is -0.450 e. The molecule has 1 rings (SSSR count). The Hall–Kier alpha value is -1.66. The van der Waals surface area contributed by atoms with Gasteiger partial charge in [-0.15, -0.1) is 0 Å². The molecule has 90 valence electrons. The van der Waals surface area contributed by atoms with E-state index in [2.05, 4.69) is 4.74 Å². The van der Waals surface area contributed by atoms with Crippen molar-refractivity contribution in [2.75, 3.05) is 11.5 Å². The van der Waals surface area contributed by atoms with Crippen LogP contribution in [-0.4, -0.2) is 12.5 Å². The maximum absolute atomic E-state index is 12.6. The number of ether oxygens (including phenoxy) is 1. The molecule has 0 aromatic heterocycles. The summed E-state index contributed by atoms with van der Waals surface area (Å²) >= 11 is 0. The third-order valence-electron chi connectivity index (χ3n) is 1.80. The topological polar surface area (TPSA) is 61.3 Å². The molecule has 3 nitrogen and oxygen atoms in total. The van der Waals surface area contributed by atoms with Crippen LogP contribution >= 0.6 is 0 Å². The van der Waals surface area contributed by atoms with E-state index in [1.807, 2.05) is 0 Å². The zero-order valence-electron chi connectivity index (χ0n) is 8.31. The van der Waals surface area contributed by atoms with Gasteiger partial charge in [-0.2, -0.15) is 17.6 Å². The summed E-state index contributed by atoms with van der Waals surface area (Å²) in [4.78, 5) is 0. The van der Waals surface area contributed by atoms with Crippen molar-refractivity contribution < 1.29 is 22.3 Å². The summed E-state index contributed by atoms with van der Waals surface area (Å²) in [7, 11) is 0. The van der Waals surface area contributed by atoms with Gasteiger partial charge in [-0.05, 0) is 24.6 Å². The molecule has 0 aliphatic heterocycles. The smallest absolute Gasteiger partial charge is 0.450 e. The summed E-state index contributed by atoms with van der Waals surface area (Å²) in [5.74, 6) is -0.348. The van der Waals surface area contributed by atoms with Crippen molar-refractivity contribution in [2.45, 2.75) is 19.5 Å². The van der Waals surface area contributed by atoms with E-state index in [4.69, 9.17) is 11.5 Å². The van der Waals surface area contributed by atoms with Crippen molar-refractivity contribution in [1.82, 2.24) is 0 Å². The molecule has 1 aromatic carbocycles. The van der Waals surface area contributed by atoms with Crippen LogP contribution in [0.3, 0.4) is 0 Å². The Morgan fingerprint density at radius 2 is 1.81 bits per heavy atom. The second-order valence-corrected chi connectivity index (χ2v) is 3.23. The molecule has 7 heteroatoms. The molecule has 16 heavy (non-hydrogen) atoms. The zero-order valence-corrected chi connectivity index (χ0v) is 8.31. The maximum Gasteiger partial charge on any atom is 0.457 e. The number of benzene rings is 1. The van der Waals surface area contributed by atoms with Crippen LogP contribution in [0.5, 0.6) is 5.75 Å². The first-order chi connectivity index (χ1) is 7.21. The Morgan fingerprint density at radius 1 is 1.25 bits per heavy atom. The van der Waals surface area contributed by atoms with Gasteiger partial charge in [0.15, 0.2) is 0 Å². The number of halogens is 4. The Kier molecular flexibility index (Phi) is 3.16. The van der Waals surface area contributed by atoms with Gasteiger partial charge in [0, 0.05) is 5.69 Å². The number of alkyl halides is 4. The van der Waals surface area contributed by atoms with Gasteiger partial charge in [0.05, 0.1) is 5.69 Å². The van der Waals surface area contributed by atoms with Crippen LogP contribution in [0.1, 0.15) is 5.56 Å². The van der Waals surface area contributed by atoms with E-state index >= 15 is 0 Å². The highest BCUT2D eigenvalue weighted by atomic mass is 19.4. The van der Waals surface area contributed by atoms with Crippen LogP contribution in [0.2, 0.25) is 0 Å². The van der Waals surface area contributed by atoms with Crippen molar-refractivity contribution >= 4 is 11.4 Å². The van der Waals surface area contributed by atoms with Gasteiger partial charge in [0.25, 0.3) is 0 Å². The summed E-state index contributed by atoms with van der Waals surface area (Å²) in [6, 6.07) is 2.54. The fraction of sp³-hybridized carbons (Fsp3) is 0.333. The SMILES string of the molecule is Cc1cc(N)cc(N)c1OC(F)C(F)(F)F. The zero-order chi connectivity index (χ0) is 12.5. The van der Waals surface area contributed by atoms with Gasteiger partial charge in [-0.25, -0.2) is 0 Å². The standard InChI is InChI=1S/C9H10F4N2O/c1-4-2-5(14)3-6(15)7(4)16-8(10)9(11,12)13/h2-3,8H,14-15H2,1H3. The second kappa shape index (κ2) is 4.07. The third-order valence-corrected chi connectivity index (χ3v) is 1.80. The predicted octanol–water partition coefficient (Wildman–Crippen LogP) is 2.40. The third kappa shape index (κ3) is 2.68. The van der Waals surface area contributed by atoms with Gasteiger partial charge in [-0.1, -0.05) is 0 Å². The lowest BCUT2D eigenvalue weighted by Gasteiger charge is -2.17. The first-order valence-electron chi connectivity index (χ1n) is 4.25. The minimum atomic E-state index is -5.08. The van der Waals surface area contributed by atoms with Crippen molar-refractivity contribution in [3.8, 4) is 5.75 Å². The lowest BCUT2D eigenvalue weighted by Crippen LogP contribution is -2.30. The van der Waals surface area contributed by atoms with E-state index in [1.165, 1.54) is 19.1 Å². The first-order valence-corrected chi connectivity index (χ1v) is 4.25. The van der Waals surface area contributed by atoms with E-state index in [1.54, 1.807) is 0 Å². The molecule has 0 bridgehead atoms. The molecule has 0 spiro atoms. The average molecular weight is 238 g/mol. The number of nitrogens with two attached hydrogens (primary N) is 2. The first kappa shape index (κ1) is 12.4. The summed E-state index contributed by atoms with van der Waals surface area (Å²) in [6.45, 7) is 1.42. The van der Waals surface area contributed by atoms with Gasteiger partial charge in [0.2, 0.25) is 0 Å². The van der Waals surface area contributed by atoms with Gasteiger partial charge >= 0.3 is 12.5 Å². The van der Waals surface area contributed by atoms with Crippen molar-refractivity contribution in [1.29, 1.82) is 0 Å². The van der Waals surface area contributed by atoms with E-state index in [0.717, 1.165) is 0 Å². The Morgan fingerprint density at radius 3 is 2.25 bits per heavy atom. The number of nitrogen functional groups attached to an aromatic ring is 2. The van der Waals surface area contributed by atoms with Crippen molar-refractivity contribution in [3.05, 3.63) is 17.7 Å². The highest BCUT2D eigenvalue weighted by Crippen LogP contribution is 2.33. The van der Waals surface area contributed by atoms with E-state index in [0.29, 0.717) is 0 Å². The molecule has 0 aliphatic carbocycles. The molecule has 4 N–H and O–H groups in total. The van der Waals surface area contributed by atoms with Crippen LogP contribution in [0.25, 0.3) is 0 Å². The Labute approximate surface area is 89.0 Å². The van der Waals surface area contributed by atoms with Gasteiger partial charge in [-0.3, -0.25) is 0 Å². The number of anilines is 2. The second-order valence-electron chi connectivity index (χ2n) is 3.23. The highest BCUT2D eigenvalue weighted by Gasteiger charge is 2.43. The lowest BCUT2D eigenvalue weighted by atomic mass is 10.1. The van der Waals surface area contributed by atoms with E-state index in [9.17, 15) is 17.6 Å². The quantitative estimate of drug-likeness (QED) is 0.614. The van der Waals surface area contributed by atoms with E-state index in [-0.39, 0.29) is 22.7 Å². The Balaban J connectivity index is 2.98. The molecule has 1 unspecified atom stereocenters. The van der Waals surface area contributed by atoms with Crippen LogP contribution in [-0.2, 0) is 0 Å². The fourth-order valence-electron chi connectivity index (χ4n) is 1.16. The highest BCUT2D eigenvalue weighted by molar-refractivity contribution is 5.64. The summed E-state index contributed by atoms with van der Waals surface area (Å²) in [5, 5.41) is 0. The minimum absolute atomic E-state index is 0.135. The molecule has 0 amide bonds. The molecular weight excluding hydrogens is 228 g/mol. The number of rotatable bonds is 2. The summed E-state index contributed by atoms with van der Waals surface area (Å²) in [6.07, 6.45) is -8.49. The molecule has 1 aromatic rings. The van der Waals surface area contributed by atoms with Crippen LogP contribution in [0.15, 0.2) is 12.1 Å². The number of aryl methyl sites for hydroxylation is 1. The number of hydrogen-bond donors (Lipinski definition) is 2. The molecule has 0 aliphatic rings. The molecular formula is C9H10F4N2O. The largest absolute Gasteiger partial charge is 0.457 e. The maximum atomic E-state index is 12.6. The van der Waals surface area contributed by atoms with Crippen LogP contribution < -0.4 is 16.2 Å². The monoisotopic (exact) mass is 238 g/mol. The van der Waals surface area contributed by atoms with Crippen molar-refractivity contribution in [3.63, 3.8) is 0 Å². The Bertz CT molecular complexity index is 369. The summed E-state index contributed by atoms with van der Waals surface area (Å²) < 4.78 is 52.5. The van der Waals surface area contributed by atoms with Gasteiger partial charge in [0.1, 0.15) is 5.75 Å². The van der Waals surface area contributed by atoms with Crippen LogP contribution in [0.4, 0.5) is 28.9 Å². The molecule has 0 saturated carbocycles.